The highest BCUT2D eigenvalue weighted by Gasteiger charge is 2.28. The van der Waals surface area contributed by atoms with E-state index in [0.717, 1.165) is 16.3 Å². The van der Waals surface area contributed by atoms with Gasteiger partial charge in [0.1, 0.15) is 0 Å². The number of morpholine rings is 1. The zero-order valence-electron chi connectivity index (χ0n) is 12.9. The highest BCUT2D eigenvalue weighted by atomic mass is 32.2. The van der Waals surface area contributed by atoms with E-state index in [-0.39, 0.29) is 11.9 Å². The minimum absolute atomic E-state index is 0.0253. The molecule has 1 aromatic heterocycles. The lowest BCUT2D eigenvalue weighted by molar-refractivity contribution is -0.139. The molecule has 5 heteroatoms. The molecule has 4 nitrogen and oxygen atoms in total. The van der Waals surface area contributed by atoms with E-state index in [9.17, 15) is 4.79 Å². The first kappa shape index (κ1) is 16.0. The van der Waals surface area contributed by atoms with E-state index >= 15 is 0 Å². The largest absolute Gasteiger partial charge is 0.377 e. The molecule has 0 spiro atoms. The molecule has 0 bridgehead atoms. The van der Waals surface area contributed by atoms with Crippen LogP contribution in [0.5, 0.6) is 0 Å². The Morgan fingerprint density at radius 3 is 2.83 bits per heavy atom. The standard InChI is InChI=1S/C18H20N2O2S/c21-18(9-13-23-17-8-4-5-10-19-17)20-11-12-22-14-16(20)15-6-2-1-3-7-15/h1-8,10,16H,9,11-14H2/t16-/m0/s1. The molecule has 120 valence electrons. The first-order chi connectivity index (χ1) is 11.3. The maximum absolute atomic E-state index is 12.6. The second kappa shape index (κ2) is 8.13. The quantitative estimate of drug-likeness (QED) is 0.791. The van der Waals surface area contributed by atoms with Crippen molar-refractivity contribution in [2.75, 3.05) is 25.5 Å². The van der Waals surface area contributed by atoms with Gasteiger partial charge in [-0.3, -0.25) is 4.79 Å². The number of amides is 1. The van der Waals surface area contributed by atoms with Crippen LogP contribution in [0, 0.1) is 0 Å². The Hall–Kier alpha value is -1.85. The van der Waals surface area contributed by atoms with Crippen LogP contribution in [0.1, 0.15) is 18.0 Å². The third-order valence-electron chi connectivity index (χ3n) is 3.84. The Kier molecular flexibility index (Phi) is 5.66. The fourth-order valence-electron chi connectivity index (χ4n) is 2.67. The number of hydrogen-bond acceptors (Lipinski definition) is 4. The lowest BCUT2D eigenvalue weighted by atomic mass is 10.0. The Bertz CT molecular complexity index is 621. The Labute approximate surface area is 140 Å². The third-order valence-corrected chi connectivity index (χ3v) is 4.78. The lowest BCUT2D eigenvalue weighted by Gasteiger charge is -2.36. The molecule has 23 heavy (non-hydrogen) atoms. The van der Waals surface area contributed by atoms with Gasteiger partial charge in [0.25, 0.3) is 0 Å². The molecule has 0 aliphatic carbocycles. The number of benzene rings is 1. The molecule has 0 unspecified atom stereocenters. The predicted octanol–water partition coefficient (Wildman–Crippen LogP) is 3.16. The van der Waals surface area contributed by atoms with Gasteiger partial charge in [-0.1, -0.05) is 36.4 Å². The van der Waals surface area contributed by atoms with Crippen molar-refractivity contribution in [1.82, 2.24) is 9.88 Å². The number of carbonyl (C=O) groups excluding carboxylic acids is 1. The maximum Gasteiger partial charge on any atom is 0.224 e. The van der Waals surface area contributed by atoms with Crippen molar-refractivity contribution >= 4 is 17.7 Å². The van der Waals surface area contributed by atoms with Gasteiger partial charge < -0.3 is 9.64 Å². The summed E-state index contributed by atoms with van der Waals surface area (Å²) < 4.78 is 5.58. The van der Waals surface area contributed by atoms with E-state index in [1.54, 1.807) is 18.0 Å². The van der Waals surface area contributed by atoms with Gasteiger partial charge in [-0.2, -0.15) is 0 Å². The van der Waals surface area contributed by atoms with E-state index in [2.05, 4.69) is 17.1 Å². The molecular weight excluding hydrogens is 308 g/mol. The van der Waals surface area contributed by atoms with Crippen molar-refractivity contribution < 1.29 is 9.53 Å². The zero-order valence-corrected chi connectivity index (χ0v) is 13.7. The summed E-state index contributed by atoms with van der Waals surface area (Å²) in [6.07, 6.45) is 2.29. The summed E-state index contributed by atoms with van der Waals surface area (Å²) >= 11 is 1.62. The normalized spacial score (nSPS) is 17.9. The molecule has 1 fully saturated rings. The van der Waals surface area contributed by atoms with Crippen LogP contribution in [-0.2, 0) is 9.53 Å². The van der Waals surface area contributed by atoms with Crippen LogP contribution in [0.2, 0.25) is 0 Å². The number of hydrogen-bond donors (Lipinski definition) is 0. The highest BCUT2D eigenvalue weighted by Crippen LogP contribution is 2.25. The fourth-order valence-corrected chi connectivity index (χ4v) is 3.47. The Balaban J connectivity index is 1.58. The number of carbonyl (C=O) groups is 1. The van der Waals surface area contributed by atoms with Crippen molar-refractivity contribution in [2.45, 2.75) is 17.5 Å². The van der Waals surface area contributed by atoms with Crippen LogP contribution in [0.25, 0.3) is 0 Å². The smallest absolute Gasteiger partial charge is 0.224 e. The predicted molar refractivity (Wildman–Crippen MR) is 91.3 cm³/mol. The van der Waals surface area contributed by atoms with E-state index in [1.807, 2.05) is 41.3 Å². The van der Waals surface area contributed by atoms with Gasteiger partial charge >= 0.3 is 0 Å². The number of thioether (sulfide) groups is 1. The summed E-state index contributed by atoms with van der Waals surface area (Å²) in [5, 5.41) is 0.960. The first-order valence-corrected chi connectivity index (χ1v) is 8.79. The molecule has 1 amide bonds. The molecule has 0 N–H and O–H groups in total. The van der Waals surface area contributed by atoms with Crippen molar-refractivity contribution in [1.29, 1.82) is 0 Å². The van der Waals surface area contributed by atoms with Crippen molar-refractivity contribution in [3.63, 3.8) is 0 Å². The van der Waals surface area contributed by atoms with Crippen LogP contribution in [0.3, 0.4) is 0 Å². The summed E-state index contributed by atoms with van der Waals surface area (Å²) in [6.45, 7) is 1.85. The number of aromatic nitrogens is 1. The lowest BCUT2D eigenvalue weighted by Crippen LogP contribution is -2.43. The van der Waals surface area contributed by atoms with E-state index in [1.165, 1.54) is 0 Å². The van der Waals surface area contributed by atoms with Crippen LogP contribution in [0.15, 0.2) is 59.8 Å². The summed E-state index contributed by atoms with van der Waals surface area (Å²) in [4.78, 5) is 18.8. The van der Waals surface area contributed by atoms with Crippen molar-refractivity contribution in [3.05, 3.63) is 60.3 Å². The maximum atomic E-state index is 12.6. The summed E-state index contributed by atoms with van der Waals surface area (Å²) in [5.74, 6) is 0.930. The number of pyridine rings is 1. The number of ether oxygens (including phenoxy) is 1. The summed E-state index contributed by atoms with van der Waals surface area (Å²) in [7, 11) is 0. The van der Waals surface area contributed by atoms with Crippen LogP contribution in [-0.4, -0.2) is 41.3 Å². The molecule has 2 heterocycles. The van der Waals surface area contributed by atoms with Crippen LogP contribution < -0.4 is 0 Å². The fraction of sp³-hybridized carbons (Fsp3) is 0.333. The molecule has 0 radical (unpaired) electrons. The second-order valence-electron chi connectivity index (χ2n) is 5.35. The van der Waals surface area contributed by atoms with Gasteiger partial charge in [-0.25, -0.2) is 4.98 Å². The highest BCUT2D eigenvalue weighted by molar-refractivity contribution is 7.99. The molecular formula is C18H20N2O2S. The van der Waals surface area contributed by atoms with Gasteiger partial charge in [-0.15, -0.1) is 11.8 Å². The van der Waals surface area contributed by atoms with Gasteiger partial charge in [0.2, 0.25) is 5.91 Å². The molecule has 1 saturated heterocycles. The van der Waals surface area contributed by atoms with Gasteiger partial charge in [-0.05, 0) is 17.7 Å². The molecule has 1 aromatic carbocycles. The topological polar surface area (TPSA) is 42.4 Å². The first-order valence-electron chi connectivity index (χ1n) is 7.80. The van der Waals surface area contributed by atoms with Gasteiger partial charge in [0.15, 0.2) is 0 Å². The summed E-state index contributed by atoms with van der Waals surface area (Å²) in [6, 6.07) is 16.0. The second-order valence-corrected chi connectivity index (χ2v) is 6.47. The Morgan fingerprint density at radius 1 is 1.22 bits per heavy atom. The van der Waals surface area contributed by atoms with Crippen LogP contribution >= 0.6 is 11.8 Å². The summed E-state index contributed by atoms with van der Waals surface area (Å²) in [5.41, 5.74) is 1.14. The van der Waals surface area contributed by atoms with Crippen molar-refractivity contribution in [2.24, 2.45) is 0 Å². The third kappa shape index (κ3) is 4.33. The van der Waals surface area contributed by atoms with Gasteiger partial charge in [0.05, 0.1) is 24.3 Å². The van der Waals surface area contributed by atoms with Gasteiger partial charge in [0, 0.05) is 24.9 Å². The van der Waals surface area contributed by atoms with E-state index in [4.69, 9.17) is 4.74 Å². The monoisotopic (exact) mass is 328 g/mol. The Morgan fingerprint density at radius 2 is 2.04 bits per heavy atom. The minimum atomic E-state index is 0.0253. The van der Waals surface area contributed by atoms with Crippen molar-refractivity contribution in [3.8, 4) is 0 Å². The molecule has 2 aromatic rings. The molecule has 1 aliphatic heterocycles. The molecule has 1 aliphatic rings. The SMILES string of the molecule is O=C(CCSc1ccccn1)N1CCOC[C@H]1c1ccccc1. The number of nitrogens with zero attached hydrogens (tertiary/aromatic N) is 2. The number of rotatable bonds is 5. The zero-order chi connectivity index (χ0) is 15.9. The molecule has 3 rings (SSSR count). The average molecular weight is 328 g/mol. The average Bonchev–Trinajstić information content (AvgIpc) is 2.63. The minimum Gasteiger partial charge on any atom is -0.377 e. The van der Waals surface area contributed by atoms with Crippen LogP contribution in [0.4, 0.5) is 0 Å². The molecule has 1 atom stereocenters. The van der Waals surface area contributed by atoms with E-state index < -0.39 is 0 Å². The molecule has 0 saturated carbocycles. The van der Waals surface area contributed by atoms with E-state index in [0.29, 0.717) is 26.2 Å².